The van der Waals surface area contributed by atoms with Gasteiger partial charge in [0.1, 0.15) is 5.75 Å². The number of ether oxygens (including phenoxy) is 1. The van der Waals surface area contributed by atoms with Crippen molar-refractivity contribution in [1.29, 1.82) is 5.26 Å². The van der Waals surface area contributed by atoms with Gasteiger partial charge in [-0.25, -0.2) is 0 Å². The minimum absolute atomic E-state index is 0.0762. The summed E-state index contributed by atoms with van der Waals surface area (Å²) in [5.74, 6) is -0.876. The van der Waals surface area contributed by atoms with Gasteiger partial charge in [0.25, 0.3) is 0 Å². The zero-order valence-electron chi connectivity index (χ0n) is 12.1. The zero-order valence-corrected chi connectivity index (χ0v) is 12.1. The van der Waals surface area contributed by atoms with Crippen molar-refractivity contribution in [2.75, 3.05) is 25.5 Å². The van der Waals surface area contributed by atoms with Crippen LogP contribution in [0.25, 0.3) is 0 Å². The number of hydrogen-bond donors (Lipinski definition) is 1. The standard InChI is InChI=1S/C14H16F3N3O2/c1-10(7-18)8-20(2)9-13(21)19-11-3-5-12(6-4-11)22-14(15,16)17/h3-6,10H,8-9H2,1-2H3,(H,19,21)/t10-/m0/s1. The normalized spacial score (nSPS) is 12.6. The number of alkyl halides is 3. The van der Waals surface area contributed by atoms with Crippen molar-refractivity contribution >= 4 is 11.6 Å². The molecule has 5 nitrogen and oxygen atoms in total. The number of nitrogens with zero attached hydrogens (tertiary/aromatic N) is 2. The van der Waals surface area contributed by atoms with E-state index in [1.807, 2.05) is 0 Å². The SMILES string of the molecule is C[C@@H](C#N)CN(C)CC(=O)Nc1ccc(OC(F)(F)F)cc1. The highest BCUT2D eigenvalue weighted by Gasteiger charge is 2.30. The molecule has 8 heteroatoms. The average molecular weight is 315 g/mol. The third-order valence-corrected chi connectivity index (χ3v) is 2.59. The lowest BCUT2D eigenvalue weighted by atomic mass is 10.2. The zero-order chi connectivity index (χ0) is 16.8. The van der Waals surface area contributed by atoms with E-state index in [2.05, 4.69) is 16.1 Å². The fourth-order valence-electron chi connectivity index (χ4n) is 1.76. The number of hydrogen-bond acceptors (Lipinski definition) is 4. The summed E-state index contributed by atoms with van der Waals surface area (Å²) in [5.41, 5.74) is 0.362. The first kappa shape index (κ1) is 17.8. The Morgan fingerprint density at radius 2 is 2.00 bits per heavy atom. The molecule has 1 aromatic carbocycles. The topological polar surface area (TPSA) is 65.4 Å². The molecule has 120 valence electrons. The molecule has 1 rings (SSSR count). The van der Waals surface area contributed by atoms with Gasteiger partial charge in [-0.3, -0.25) is 9.69 Å². The lowest BCUT2D eigenvalue weighted by Crippen LogP contribution is -2.32. The molecule has 0 aliphatic rings. The molecule has 0 bridgehead atoms. The van der Waals surface area contributed by atoms with Gasteiger partial charge in [0.2, 0.25) is 5.91 Å². The predicted octanol–water partition coefficient (Wildman–Crippen LogP) is 2.62. The third kappa shape index (κ3) is 6.95. The maximum atomic E-state index is 12.0. The summed E-state index contributed by atoms with van der Waals surface area (Å²) in [6.07, 6.45) is -4.75. The highest BCUT2D eigenvalue weighted by atomic mass is 19.4. The fraction of sp³-hybridized carbons (Fsp3) is 0.429. The molecular weight excluding hydrogens is 299 g/mol. The smallest absolute Gasteiger partial charge is 0.406 e. The van der Waals surface area contributed by atoms with Crippen LogP contribution in [0.3, 0.4) is 0 Å². The Kier molecular flexibility index (Phi) is 6.19. The van der Waals surface area contributed by atoms with Crippen molar-refractivity contribution in [2.45, 2.75) is 13.3 Å². The number of carbonyl (C=O) groups excluding carboxylic acids is 1. The fourth-order valence-corrected chi connectivity index (χ4v) is 1.76. The molecule has 1 atom stereocenters. The van der Waals surface area contributed by atoms with Gasteiger partial charge in [0.05, 0.1) is 18.5 Å². The van der Waals surface area contributed by atoms with Crippen LogP contribution in [-0.2, 0) is 4.79 Å². The Balaban J connectivity index is 2.50. The van der Waals surface area contributed by atoms with Crippen LogP contribution in [0, 0.1) is 17.2 Å². The van der Waals surface area contributed by atoms with E-state index in [0.29, 0.717) is 12.2 Å². The highest BCUT2D eigenvalue weighted by molar-refractivity contribution is 5.92. The maximum absolute atomic E-state index is 12.0. The van der Waals surface area contributed by atoms with Crippen LogP contribution < -0.4 is 10.1 Å². The van der Waals surface area contributed by atoms with Crippen molar-refractivity contribution in [3.63, 3.8) is 0 Å². The van der Waals surface area contributed by atoms with Gasteiger partial charge in [-0.05, 0) is 38.2 Å². The highest BCUT2D eigenvalue weighted by Crippen LogP contribution is 2.23. The molecule has 0 aliphatic heterocycles. The van der Waals surface area contributed by atoms with Crippen LogP contribution in [0.4, 0.5) is 18.9 Å². The van der Waals surface area contributed by atoms with Gasteiger partial charge in [-0.15, -0.1) is 13.2 Å². The van der Waals surface area contributed by atoms with Crippen molar-refractivity contribution in [3.8, 4) is 11.8 Å². The minimum atomic E-state index is -4.75. The molecule has 0 unspecified atom stereocenters. The Hall–Kier alpha value is -2.27. The van der Waals surface area contributed by atoms with Crippen LogP contribution >= 0.6 is 0 Å². The van der Waals surface area contributed by atoms with Gasteiger partial charge < -0.3 is 10.1 Å². The molecule has 0 heterocycles. The predicted molar refractivity (Wildman–Crippen MR) is 74.0 cm³/mol. The van der Waals surface area contributed by atoms with Crippen LogP contribution in [0.2, 0.25) is 0 Å². The number of nitrogens with one attached hydrogen (secondary N) is 1. The van der Waals surface area contributed by atoms with Crippen molar-refractivity contribution in [2.24, 2.45) is 5.92 Å². The summed E-state index contributed by atoms with van der Waals surface area (Å²) in [4.78, 5) is 13.4. The van der Waals surface area contributed by atoms with Gasteiger partial charge >= 0.3 is 6.36 Å². The number of carbonyl (C=O) groups is 1. The molecule has 22 heavy (non-hydrogen) atoms. The van der Waals surface area contributed by atoms with Gasteiger partial charge in [-0.2, -0.15) is 5.26 Å². The van der Waals surface area contributed by atoms with Crippen LogP contribution in [0.15, 0.2) is 24.3 Å². The minimum Gasteiger partial charge on any atom is -0.406 e. The van der Waals surface area contributed by atoms with Crippen LogP contribution in [0.5, 0.6) is 5.75 Å². The first-order valence-electron chi connectivity index (χ1n) is 6.43. The lowest BCUT2D eigenvalue weighted by molar-refractivity contribution is -0.274. The molecule has 0 fully saturated rings. The number of benzene rings is 1. The van der Waals surface area contributed by atoms with E-state index in [1.165, 1.54) is 12.1 Å². The molecule has 1 N–H and O–H groups in total. The first-order chi connectivity index (χ1) is 10.2. The number of nitriles is 1. The molecule has 1 amide bonds. The van der Waals surface area contributed by atoms with Crippen molar-refractivity contribution in [1.82, 2.24) is 4.90 Å². The molecule has 0 saturated heterocycles. The molecule has 0 radical (unpaired) electrons. The summed E-state index contributed by atoms with van der Waals surface area (Å²) in [7, 11) is 1.70. The van der Waals surface area contributed by atoms with Gasteiger partial charge in [-0.1, -0.05) is 0 Å². The molecule has 0 spiro atoms. The molecule has 1 aromatic rings. The lowest BCUT2D eigenvalue weighted by Gasteiger charge is -2.17. The quantitative estimate of drug-likeness (QED) is 0.876. The summed E-state index contributed by atoms with van der Waals surface area (Å²) in [6, 6.07) is 6.93. The summed E-state index contributed by atoms with van der Waals surface area (Å²) in [6.45, 7) is 2.27. The Bertz CT molecular complexity index is 538. The van der Waals surface area contributed by atoms with E-state index in [0.717, 1.165) is 12.1 Å². The molecule has 0 saturated carbocycles. The van der Waals surface area contributed by atoms with E-state index in [1.54, 1.807) is 18.9 Å². The number of likely N-dealkylation sites (N-methyl/N-ethyl adjacent to an activating group) is 1. The second kappa shape index (κ2) is 7.66. The van der Waals surface area contributed by atoms with E-state index in [-0.39, 0.29) is 24.1 Å². The first-order valence-corrected chi connectivity index (χ1v) is 6.43. The maximum Gasteiger partial charge on any atom is 0.573 e. The summed E-state index contributed by atoms with van der Waals surface area (Å²) in [5, 5.41) is 11.2. The largest absolute Gasteiger partial charge is 0.573 e. The number of amides is 1. The average Bonchev–Trinajstić information content (AvgIpc) is 2.38. The van der Waals surface area contributed by atoms with Gasteiger partial charge in [0.15, 0.2) is 0 Å². The van der Waals surface area contributed by atoms with Crippen LogP contribution in [-0.4, -0.2) is 37.3 Å². The van der Waals surface area contributed by atoms with Crippen LogP contribution in [0.1, 0.15) is 6.92 Å². The number of halogens is 3. The molecular formula is C14H16F3N3O2. The Morgan fingerprint density at radius 1 is 1.41 bits per heavy atom. The molecule has 0 aromatic heterocycles. The second-order valence-electron chi connectivity index (χ2n) is 4.85. The van der Waals surface area contributed by atoms with E-state index >= 15 is 0 Å². The van der Waals surface area contributed by atoms with Gasteiger partial charge in [0, 0.05) is 12.2 Å². The third-order valence-electron chi connectivity index (χ3n) is 2.59. The number of rotatable bonds is 6. The summed E-state index contributed by atoms with van der Waals surface area (Å²) < 4.78 is 39.8. The second-order valence-corrected chi connectivity index (χ2v) is 4.85. The Labute approximate surface area is 126 Å². The summed E-state index contributed by atoms with van der Waals surface area (Å²) >= 11 is 0. The van der Waals surface area contributed by atoms with E-state index < -0.39 is 6.36 Å². The van der Waals surface area contributed by atoms with E-state index in [9.17, 15) is 18.0 Å². The number of anilines is 1. The van der Waals surface area contributed by atoms with Crippen molar-refractivity contribution in [3.05, 3.63) is 24.3 Å². The molecule has 0 aliphatic carbocycles. The monoisotopic (exact) mass is 315 g/mol. The Morgan fingerprint density at radius 3 is 2.50 bits per heavy atom. The van der Waals surface area contributed by atoms with Crippen molar-refractivity contribution < 1.29 is 22.7 Å². The van der Waals surface area contributed by atoms with E-state index in [4.69, 9.17) is 5.26 Å².